The third kappa shape index (κ3) is 7.20. The minimum Gasteiger partial charge on any atom is -0.459 e. The first-order chi connectivity index (χ1) is 17.5. The number of carbonyl (C=O) groups excluding carboxylic acids is 2. The zero-order valence-electron chi connectivity index (χ0n) is 24.1. The Morgan fingerprint density at radius 3 is 1.45 bits per heavy atom. The van der Waals surface area contributed by atoms with Crippen LogP contribution in [0.3, 0.4) is 0 Å². The summed E-state index contributed by atoms with van der Waals surface area (Å²) in [7, 11) is 0. The van der Waals surface area contributed by atoms with Crippen molar-refractivity contribution in [2.45, 2.75) is 115 Å². The lowest BCUT2D eigenvalue weighted by molar-refractivity contribution is -0.00768. The van der Waals surface area contributed by atoms with E-state index in [9.17, 15) is 9.59 Å². The molecule has 0 amide bonds. The minimum absolute atomic E-state index is 0.0956. The molecule has 7 nitrogen and oxygen atoms in total. The van der Waals surface area contributed by atoms with Gasteiger partial charge in [0.15, 0.2) is 0 Å². The molecule has 1 aromatic heterocycles. The fourth-order valence-corrected chi connectivity index (χ4v) is 6.53. The summed E-state index contributed by atoms with van der Waals surface area (Å²) in [6, 6.07) is 10.8. The highest BCUT2D eigenvalue weighted by molar-refractivity contribution is 5.91. The van der Waals surface area contributed by atoms with E-state index in [4.69, 9.17) is 9.47 Å². The number of hydrogen-bond donors (Lipinski definition) is 2. The van der Waals surface area contributed by atoms with Crippen molar-refractivity contribution in [3.8, 4) is 11.3 Å². The first kappa shape index (κ1) is 28.2. The van der Waals surface area contributed by atoms with Crippen molar-refractivity contribution < 1.29 is 19.1 Å². The summed E-state index contributed by atoms with van der Waals surface area (Å²) >= 11 is 0. The first-order valence-corrected chi connectivity index (χ1v) is 13.6. The monoisotopic (exact) mass is 521 g/mol. The van der Waals surface area contributed by atoms with Crippen molar-refractivity contribution >= 4 is 11.9 Å². The second-order valence-electron chi connectivity index (χ2n) is 13.7. The molecule has 2 aliphatic rings. The Balaban J connectivity index is 1.37. The lowest BCUT2D eigenvalue weighted by atomic mass is 9.81. The van der Waals surface area contributed by atoms with Gasteiger partial charge in [0.05, 0.1) is 16.8 Å². The van der Waals surface area contributed by atoms with Crippen LogP contribution in [-0.2, 0) is 9.47 Å². The molecular formula is C31H43N3O4. The maximum Gasteiger partial charge on any atom is 0.339 e. The third-order valence-corrected chi connectivity index (χ3v) is 7.27. The average molecular weight is 522 g/mol. The summed E-state index contributed by atoms with van der Waals surface area (Å²) in [5.41, 5.74) is 2.11. The molecule has 0 aliphatic carbocycles. The van der Waals surface area contributed by atoms with Crippen LogP contribution >= 0.6 is 0 Å². The molecule has 7 heteroatoms. The molecule has 2 fully saturated rings. The van der Waals surface area contributed by atoms with Crippen LogP contribution in [-0.4, -0.2) is 51.3 Å². The van der Waals surface area contributed by atoms with Crippen LogP contribution < -0.4 is 10.6 Å². The Bertz CT molecular complexity index is 1040. The third-order valence-electron chi connectivity index (χ3n) is 7.27. The van der Waals surface area contributed by atoms with Gasteiger partial charge in [-0.25, -0.2) is 9.59 Å². The lowest BCUT2D eigenvalue weighted by Gasteiger charge is -2.45. The number of hydrogen-bond acceptors (Lipinski definition) is 7. The summed E-state index contributed by atoms with van der Waals surface area (Å²) in [4.78, 5) is 30.1. The van der Waals surface area contributed by atoms with E-state index in [1.165, 1.54) is 0 Å². The summed E-state index contributed by atoms with van der Waals surface area (Å²) in [5, 5.41) is 7.21. The van der Waals surface area contributed by atoms with Gasteiger partial charge in [0.2, 0.25) is 0 Å². The van der Waals surface area contributed by atoms with Gasteiger partial charge in [0.25, 0.3) is 0 Å². The van der Waals surface area contributed by atoms with Crippen molar-refractivity contribution in [3.05, 3.63) is 53.7 Å². The van der Waals surface area contributed by atoms with E-state index >= 15 is 0 Å². The number of carbonyl (C=O) groups is 2. The number of piperidine rings is 2. The number of benzene rings is 1. The van der Waals surface area contributed by atoms with Crippen LogP contribution in [0.1, 0.15) is 102 Å². The van der Waals surface area contributed by atoms with Crippen LogP contribution in [0.5, 0.6) is 0 Å². The molecule has 38 heavy (non-hydrogen) atoms. The number of esters is 2. The molecule has 2 N–H and O–H groups in total. The molecule has 0 bridgehead atoms. The van der Waals surface area contributed by atoms with Crippen LogP contribution in [0.25, 0.3) is 11.3 Å². The van der Waals surface area contributed by atoms with Crippen molar-refractivity contribution in [3.63, 3.8) is 0 Å². The first-order valence-electron chi connectivity index (χ1n) is 13.6. The largest absolute Gasteiger partial charge is 0.459 e. The number of nitrogens with zero attached hydrogens (tertiary/aromatic N) is 1. The Morgan fingerprint density at radius 2 is 1.05 bits per heavy atom. The van der Waals surface area contributed by atoms with E-state index in [0.29, 0.717) is 16.8 Å². The van der Waals surface area contributed by atoms with Gasteiger partial charge >= 0.3 is 11.9 Å². The minimum atomic E-state index is -0.357. The Kier molecular flexibility index (Phi) is 7.49. The van der Waals surface area contributed by atoms with Crippen molar-refractivity contribution in [1.82, 2.24) is 15.6 Å². The normalized spacial score (nSPS) is 22.4. The highest BCUT2D eigenvalue weighted by atomic mass is 16.5. The predicted molar refractivity (Wildman–Crippen MR) is 149 cm³/mol. The highest BCUT2D eigenvalue weighted by Crippen LogP contribution is 2.32. The van der Waals surface area contributed by atoms with Crippen molar-refractivity contribution in [2.24, 2.45) is 0 Å². The average Bonchev–Trinajstić information content (AvgIpc) is 2.75. The van der Waals surface area contributed by atoms with Crippen LogP contribution in [0.15, 0.2) is 42.6 Å². The number of pyridine rings is 1. The fraction of sp³-hybridized carbons (Fsp3) is 0.581. The molecule has 3 heterocycles. The number of aromatic nitrogens is 1. The van der Waals surface area contributed by atoms with Crippen molar-refractivity contribution in [2.75, 3.05) is 0 Å². The number of ether oxygens (including phenoxy) is 2. The zero-order chi connectivity index (χ0) is 27.9. The van der Waals surface area contributed by atoms with E-state index in [1.54, 1.807) is 30.5 Å². The molecule has 1 aromatic carbocycles. The molecule has 0 unspecified atom stereocenters. The second-order valence-corrected chi connectivity index (χ2v) is 13.7. The van der Waals surface area contributed by atoms with E-state index in [0.717, 1.165) is 31.2 Å². The van der Waals surface area contributed by atoms with Gasteiger partial charge in [-0.2, -0.15) is 0 Å². The van der Waals surface area contributed by atoms with Gasteiger partial charge < -0.3 is 20.1 Å². The van der Waals surface area contributed by atoms with Gasteiger partial charge in [0.1, 0.15) is 12.2 Å². The maximum atomic E-state index is 12.8. The topological polar surface area (TPSA) is 89.6 Å². The SMILES string of the molecule is CC1(C)CC(OC(=O)c2ccc(-c3ccc(C(=O)OC4CC(C)(C)NC(C)(C)C4)cn3)cc2)CC(C)(C)N1. The maximum absolute atomic E-state index is 12.8. The molecular weight excluding hydrogens is 478 g/mol. The molecule has 0 spiro atoms. The molecule has 2 saturated heterocycles. The smallest absolute Gasteiger partial charge is 0.339 e. The van der Waals surface area contributed by atoms with E-state index < -0.39 is 0 Å². The molecule has 2 aromatic rings. The number of rotatable bonds is 5. The number of nitrogens with one attached hydrogen (secondary N) is 2. The molecule has 206 valence electrons. The molecule has 0 radical (unpaired) electrons. The summed E-state index contributed by atoms with van der Waals surface area (Å²) < 4.78 is 11.7. The molecule has 0 saturated carbocycles. The standard InChI is InChI=1S/C31H43N3O4/c1-28(2)15-23(16-29(3,4)33-28)37-26(35)21-11-9-20(10-12-21)25-14-13-22(19-32-25)27(36)38-24-17-30(5,6)34-31(7,8)18-24/h9-14,19,23-24,33-34H,15-18H2,1-8H3. The van der Waals surface area contributed by atoms with E-state index in [-0.39, 0.29) is 46.3 Å². The zero-order valence-corrected chi connectivity index (χ0v) is 24.1. The van der Waals surface area contributed by atoms with E-state index in [2.05, 4.69) is 71.0 Å². The van der Waals surface area contributed by atoms with Crippen LogP contribution in [0.2, 0.25) is 0 Å². The Hall–Kier alpha value is -2.77. The van der Waals surface area contributed by atoms with E-state index in [1.807, 2.05) is 12.1 Å². The fourth-order valence-electron chi connectivity index (χ4n) is 6.53. The summed E-state index contributed by atoms with van der Waals surface area (Å²) in [6.45, 7) is 17.1. The predicted octanol–water partition coefficient (Wildman–Crippen LogP) is 5.68. The Labute approximate surface area is 227 Å². The van der Waals surface area contributed by atoms with Gasteiger partial charge in [0, 0.05) is 59.6 Å². The van der Waals surface area contributed by atoms with Gasteiger partial charge in [-0.1, -0.05) is 12.1 Å². The lowest BCUT2D eigenvalue weighted by Crippen LogP contribution is -2.59. The second kappa shape index (κ2) is 10.1. The van der Waals surface area contributed by atoms with Gasteiger partial charge in [-0.05, 0) is 79.7 Å². The molecule has 4 rings (SSSR count). The summed E-state index contributed by atoms with van der Waals surface area (Å²) in [5.74, 6) is -0.671. The van der Waals surface area contributed by atoms with Crippen LogP contribution in [0.4, 0.5) is 0 Å². The quantitative estimate of drug-likeness (QED) is 0.489. The molecule has 0 atom stereocenters. The van der Waals surface area contributed by atoms with Crippen LogP contribution in [0, 0.1) is 0 Å². The molecule has 2 aliphatic heterocycles. The highest BCUT2D eigenvalue weighted by Gasteiger charge is 2.40. The van der Waals surface area contributed by atoms with Gasteiger partial charge in [-0.15, -0.1) is 0 Å². The Morgan fingerprint density at radius 1 is 0.658 bits per heavy atom. The summed E-state index contributed by atoms with van der Waals surface area (Å²) in [6.07, 6.45) is 4.33. The van der Waals surface area contributed by atoms with Gasteiger partial charge in [-0.3, -0.25) is 4.98 Å². The van der Waals surface area contributed by atoms with Crippen molar-refractivity contribution in [1.29, 1.82) is 0 Å².